The smallest absolute Gasteiger partial charge is 0.0673 e. The van der Waals surface area contributed by atoms with Gasteiger partial charge in [0.05, 0.1) is 18.8 Å². The van der Waals surface area contributed by atoms with Crippen molar-refractivity contribution in [3.8, 4) is 0 Å². The quantitative estimate of drug-likeness (QED) is 0.409. The van der Waals surface area contributed by atoms with E-state index in [9.17, 15) is 0 Å². The van der Waals surface area contributed by atoms with Crippen LogP contribution in [0.3, 0.4) is 0 Å². The molecule has 1 unspecified atom stereocenters. The number of hydrogen-bond acceptors (Lipinski definition) is 3. The lowest BCUT2D eigenvalue weighted by atomic mass is 10.2. The molecule has 2 fully saturated rings. The van der Waals surface area contributed by atoms with E-state index in [0.717, 1.165) is 32.8 Å². The molecule has 0 bridgehead atoms. The van der Waals surface area contributed by atoms with Crippen LogP contribution in [0.4, 0.5) is 0 Å². The van der Waals surface area contributed by atoms with Crippen molar-refractivity contribution >= 4 is 0 Å². The Morgan fingerprint density at radius 2 is 2.22 bits per heavy atom. The zero-order valence-electron chi connectivity index (χ0n) is 5.44. The lowest BCUT2D eigenvalue weighted by Gasteiger charge is -2.06. The van der Waals surface area contributed by atoms with Gasteiger partial charge in [-0.15, -0.1) is 0 Å². The third kappa shape index (κ3) is 1.08. The second-order valence-electron chi connectivity index (χ2n) is 2.86. The number of hydrogen-bond donors (Lipinski definition) is 2. The fourth-order valence-corrected chi connectivity index (χ4v) is 1.14. The maximum atomic E-state index is 5.35. The zero-order chi connectivity index (χ0) is 6.16. The highest BCUT2D eigenvalue weighted by molar-refractivity contribution is 5.06. The molecule has 2 aliphatic heterocycles. The Balaban J connectivity index is 1.92. The lowest BCUT2D eigenvalue weighted by molar-refractivity contribution is 0.135. The van der Waals surface area contributed by atoms with Gasteiger partial charge >= 0.3 is 0 Å². The fraction of sp³-hybridized carbons (Fsp3) is 1.00. The van der Waals surface area contributed by atoms with Gasteiger partial charge in [-0.2, -0.15) is 0 Å². The molecule has 2 heterocycles. The molecule has 2 N–H and O–H groups in total. The van der Waals surface area contributed by atoms with Gasteiger partial charge in [-0.25, -0.2) is 0 Å². The van der Waals surface area contributed by atoms with Gasteiger partial charge in [-0.1, -0.05) is 0 Å². The summed E-state index contributed by atoms with van der Waals surface area (Å²) in [7, 11) is 0. The van der Waals surface area contributed by atoms with Gasteiger partial charge in [-0.05, 0) is 0 Å². The number of nitrogens with one attached hydrogen (secondary N) is 2. The van der Waals surface area contributed by atoms with Crippen molar-refractivity contribution in [2.24, 2.45) is 0 Å². The molecule has 3 heteroatoms. The first-order chi connectivity index (χ1) is 4.41. The third-order valence-corrected chi connectivity index (χ3v) is 1.94. The normalized spacial score (nSPS) is 42.7. The first kappa shape index (κ1) is 5.65. The maximum Gasteiger partial charge on any atom is 0.0673 e. The molecule has 0 saturated carbocycles. The van der Waals surface area contributed by atoms with Gasteiger partial charge in [0.1, 0.15) is 0 Å². The summed E-state index contributed by atoms with van der Waals surface area (Å²) in [5.74, 6) is 0. The summed E-state index contributed by atoms with van der Waals surface area (Å²) < 4.78 is 5.35. The maximum absolute atomic E-state index is 5.35. The van der Waals surface area contributed by atoms with Gasteiger partial charge < -0.3 is 15.4 Å². The first-order valence-electron chi connectivity index (χ1n) is 3.45. The Hall–Kier alpha value is -0.120. The molecule has 0 aliphatic carbocycles. The summed E-state index contributed by atoms with van der Waals surface area (Å²) in [6.07, 6.45) is 0. The predicted octanol–water partition coefficient (Wildman–Crippen LogP) is -1.05. The van der Waals surface area contributed by atoms with E-state index < -0.39 is 0 Å². The molecule has 0 amide bonds. The molecule has 2 saturated heterocycles. The van der Waals surface area contributed by atoms with E-state index in [0.29, 0.717) is 5.54 Å². The van der Waals surface area contributed by atoms with Crippen LogP contribution in [0.2, 0.25) is 0 Å². The second kappa shape index (κ2) is 1.94. The standard InChI is InChI=1S/C6H12N2O/c1-2-9-5-6(3-7-1)4-8-6/h7-8H,1-5H2. The zero-order valence-corrected chi connectivity index (χ0v) is 5.44. The molecule has 9 heavy (non-hydrogen) atoms. The molecular weight excluding hydrogens is 116 g/mol. The fourth-order valence-electron chi connectivity index (χ4n) is 1.14. The highest BCUT2D eigenvalue weighted by Crippen LogP contribution is 2.16. The van der Waals surface area contributed by atoms with Crippen molar-refractivity contribution in [3.63, 3.8) is 0 Å². The van der Waals surface area contributed by atoms with E-state index >= 15 is 0 Å². The number of ether oxygens (including phenoxy) is 1. The van der Waals surface area contributed by atoms with Crippen LogP contribution in [0, 0.1) is 0 Å². The van der Waals surface area contributed by atoms with Crippen molar-refractivity contribution in [3.05, 3.63) is 0 Å². The summed E-state index contributed by atoms with van der Waals surface area (Å²) in [5.41, 5.74) is 0.330. The minimum Gasteiger partial charge on any atom is -0.378 e. The minimum atomic E-state index is 0.330. The molecule has 3 nitrogen and oxygen atoms in total. The van der Waals surface area contributed by atoms with E-state index in [1.54, 1.807) is 0 Å². The van der Waals surface area contributed by atoms with Crippen LogP contribution in [0.25, 0.3) is 0 Å². The van der Waals surface area contributed by atoms with E-state index in [1.165, 1.54) is 0 Å². The second-order valence-corrected chi connectivity index (χ2v) is 2.86. The highest BCUT2D eigenvalue weighted by Gasteiger charge is 2.42. The summed E-state index contributed by atoms with van der Waals surface area (Å²) >= 11 is 0. The Kier molecular flexibility index (Phi) is 1.22. The van der Waals surface area contributed by atoms with Gasteiger partial charge in [0.25, 0.3) is 0 Å². The van der Waals surface area contributed by atoms with Crippen molar-refractivity contribution in [1.29, 1.82) is 0 Å². The molecular formula is C6H12N2O. The Morgan fingerprint density at radius 1 is 1.33 bits per heavy atom. The van der Waals surface area contributed by atoms with Crippen LogP contribution < -0.4 is 10.6 Å². The number of rotatable bonds is 0. The molecule has 52 valence electrons. The molecule has 0 radical (unpaired) electrons. The average Bonchev–Trinajstić information content (AvgIpc) is 2.64. The van der Waals surface area contributed by atoms with E-state index in [1.807, 2.05) is 0 Å². The van der Waals surface area contributed by atoms with E-state index in [2.05, 4.69) is 10.6 Å². The third-order valence-electron chi connectivity index (χ3n) is 1.94. The first-order valence-corrected chi connectivity index (χ1v) is 3.45. The molecule has 2 aliphatic rings. The Morgan fingerprint density at radius 3 is 3.00 bits per heavy atom. The van der Waals surface area contributed by atoms with Crippen molar-refractivity contribution in [2.75, 3.05) is 32.8 Å². The lowest BCUT2D eigenvalue weighted by Crippen LogP contribution is -2.32. The van der Waals surface area contributed by atoms with Crippen LogP contribution >= 0.6 is 0 Å². The average molecular weight is 128 g/mol. The van der Waals surface area contributed by atoms with Gasteiger partial charge in [0.2, 0.25) is 0 Å². The monoisotopic (exact) mass is 128 g/mol. The largest absolute Gasteiger partial charge is 0.378 e. The summed E-state index contributed by atoms with van der Waals surface area (Å²) in [6, 6.07) is 0. The molecule has 1 spiro atoms. The van der Waals surface area contributed by atoms with E-state index in [4.69, 9.17) is 4.74 Å². The topological polar surface area (TPSA) is 43.2 Å². The van der Waals surface area contributed by atoms with Crippen molar-refractivity contribution < 1.29 is 4.74 Å². The SMILES string of the molecule is C1COCC2(CN1)CN2. The molecule has 0 aromatic rings. The van der Waals surface area contributed by atoms with E-state index in [-0.39, 0.29) is 0 Å². The van der Waals surface area contributed by atoms with Crippen LogP contribution in [0.5, 0.6) is 0 Å². The Labute approximate surface area is 54.8 Å². The van der Waals surface area contributed by atoms with Crippen molar-refractivity contribution in [1.82, 2.24) is 10.6 Å². The van der Waals surface area contributed by atoms with Crippen molar-refractivity contribution in [2.45, 2.75) is 5.54 Å². The highest BCUT2D eigenvalue weighted by atomic mass is 16.5. The van der Waals surface area contributed by atoms with Crippen LogP contribution in [-0.4, -0.2) is 38.4 Å². The van der Waals surface area contributed by atoms with Gasteiger partial charge in [0, 0.05) is 19.6 Å². The minimum absolute atomic E-state index is 0.330. The molecule has 2 rings (SSSR count). The summed E-state index contributed by atoms with van der Waals surface area (Å²) in [4.78, 5) is 0. The van der Waals surface area contributed by atoms with Crippen LogP contribution in [-0.2, 0) is 4.74 Å². The van der Waals surface area contributed by atoms with Gasteiger partial charge in [-0.3, -0.25) is 0 Å². The van der Waals surface area contributed by atoms with Gasteiger partial charge in [0.15, 0.2) is 0 Å². The Bertz CT molecular complexity index is 102. The molecule has 0 aromatic heterocycles. The van der Waals surface area contributed by atoms with Crippen LogP contribution in [0.1, 0.15) is 0 Å². The summed E-state index contributed by atoms with van der Waals surface area (Å²) in [6.45, 7) is 4.96. The van der Waals surface area contributed by atoms with Crippen LogP contribution in [0.15, 0.2) is 0 Å². The molecule has 1 atom stereocenters. The summed E-state index contributed by atoms with van der Waals surface area (Å²) in [5, 5.41) is 6.61. The molecule has 0 aromatic carbocycles. The predicted molar refractivity (Wildman–Crippen MR) is 34.4 cm³/mol.